The lowest BCUT2D eigenvalue weighted by molar-refractivity contribution is -0.144. The number of nitrogen functional groups attached to an aromatic ring is 1. The van der Waals surface area contributed by atoms with Crippen molar-refractivity contribution in [2.75, 3.05) is 5.73 Å². The summed E-state index contributed by atoms with van der Waals surface area (Å²) in [6.07, 6.45) is 0.407. The first-order chi connectivity index (χ1) is 5.74. The predicted octanol–water partition coefficient (Wildman–Crippen LogP) is 1.78. The molecule has 0 saturated carbocycles. The molecule has 0 aliphatic rings. The zero-order chi connectivity index (χ0) is 8.97. The molecule has 1 heterocycles. The molecule has 0 atom stereocenters. The van der Waals surface area contributed by atoms with Crippen molar-refractivity contribution < 1.29 is 9.53 Å². The lowest BCUT2D eigenvalue weighted by Gasteiger charge is -2.01. The Morgan fingerprint density at radius 3 is 3.00 bits per heavy atom. The summed E-state index contributed by atoms with van der Waals surface area (Å²) in [6.45, 7) is 2.06. The fourth-order valence-corrected chi connectivity index (χ4v) is 1.38. The van der Waals surface area contributed by atoms with Gasteiger partial charge in [-0.1, -0.05) is 6.92 Å². The van der Waals surface area contributed by atoms with Gasteiger partial charge in [-0.25, -0.2) is 0 Å². The summed E-state index contributed by atoms with van der Waals surface area (Å²) in [5, 5.41) is 2.60. The van der Waals surface area contributed by atoms with Crippen molar-refractivity contribution in [1.82, 2.24) is 0 Å². The van der Waals surface area contributed by atoms with Gasteiger partial charge in [0.2, 0.25) is 0 Å². The van der Waals surface area contributed by atoms with Crippen LogP contribution in [0.3, 0.4) is 0 Å². The number of anilines is 1. The van der Waals surface area contributed by atoms with Crippen LogP contribution in [0.2, 0.25) is 0 Å². The number of hydrogen-bond donors (Lipinski definition) is 1. The Balaban J connectivity index is 2.43. The van der Waals surface area contributed by atoms with E-state index >= 15 is 0 Å². The summed E-state index contributed by atoms with van der Waals surface area (Å²) in [5.74, 6) is -0.194. The molecule has 4 heteroatoms. The lowest BCUT2D eigenvalue weighted by atomic mass is 10.3. The van der Waals surface area contributed by atoms with E-state index in [1.807, 2.05) is 11.4 Å². The van der Waals surface area contributed by atoms with Crippen LogP contribution in [-0.2, 0) is 16.1 Å². The molecule has 0 aliphatic heterocycles. The number of rotatable bonds is 3. The van der Waals surface area contributed by atoms with Gasteiger partial charge in [0.25, 0.3) is 0 Å². The van der Waals surface area contributed by atoms with Crippen molar-refractivity contribution >= 4 is 22.3 Å². The van der Waals surface area contributed by atoms with Crippen LogP contribution in [0.25, 0.3) is 0 Å². The fraction of sp³-hybridized carbons (Fsp3) is 0.375. The number of thiophene rings is 1. The molecule has 1 aromatic rings. The van der Waals surface area contributed by atoms with E-state index in [4.69, 9.17) is 10.5 Å². The maximum Gasteiger partial charge on any atom is 0.305 e. The first kappa shape index (κ1) is 9.06. The summed E-state index contributed by atoms with van der Waals surface area (Å²) < 4.78 is 4.90. The van der Waals surface area contributed by atoms with E-state index in [1.54, 1.807) is 6.92 Å². The molecular formula is C8H11NO2S. The quantitative estimate of drug-likeness (QED) is 0.730. The maximum absolute atomic E-state index is 10.8. The molecule has 0 radical (unpaired) electrons. The van der Waals surface area contributed by atoms with Gasteiger partial charge in [0.05, 0.1) is 5.00 Å². The summed E-state index contributed by atoms with van der Waals surface area (Å²) >= 11 is 1.45. The molecule has 0 fully saturated rings. The predicted molar refractivity (Wildman–Crippen MR) is 48.8 cm³/mol. The third kappa shape index (κ3) is 2.23. The Labute approximate surface area is 75.1 Å². The second-order valence-corrected chi connectivity index (χ2v) is 3.27. The number of esters is 1. The molecule has 3 nitrogen and oxygen atoms in total. The van der Waals surface area contributed by atoms with Crippen molar-refractivity contribution in [1.29, 1.82) is 0 Å². The molecule has 0 spiro atoms. The van der Waals surface area contributed by atoms with Crippen molar-refractivity contribution in [3.63, 3.8) is 0 Å². The van der Waals surface area contributed by atoms with Crippen LogP contribution in [0.1, 0.15) is 18.9 Å². The molecule has 0 saturated heterocycles. The number of hydrogen-bond acceptors (Lipinski definition) is 4. The number of carbonyl (C=O) groups excluding carboxylic acids is 1. The van der Waals surface area contributed by atoms with E-state index in [1.165, 1.54) is 11.3 Å². The van der Waals surface area contributed by atoms with Crippen LogP contribution in [0, 0.1) is 0 Å². The molecule has 1 aromatic heterocycles. The Hall–Kier alpha value is -1.03. The largest absolute Gasteiger partial charge is 0.461 e. The second-order valence-electron chi connectivity index (χ2n) is 2.32. The standard InChI is InChI=1S/C8H11NO2S/c1-2-7(10)11-5-6-3-4-12-8(6)9/h3-4H,2,5,9H2,1H3. The third-order valence-corrected chi connectivity index (χ3v) is 2.25. The van der Waals surface area contributed by atoms with Crippen LogP contribution in [0.5, 0.6) is 0 Å². The number of nitrogens with two attached hydrogens (primary N) is 1. The molecule has 0 unspecified atom stereocenters. The normalized spacial score (nSPS) is 9.75. The Kier molecular flexibility index (Phi) is 3.10. The molecule has 0 amide bonds. The van der Waals surface area contributed by atoms with E-state index in [0.29, 0.717) is 13.0 Å². The van der Waals surface area contributed by atoms with Gasteiger partial charge in [-0.15, -0.1) is 11.3 Å². The zero-order valence-electron chi connectivity index (χ0n) is 6.87. The molecule has 2 N–H and O–H groups in total. The fourth-order valence-electron chi connectivity index (χ4n) is 0.727. The van der Waals surface area contributed by atoms with Crippen molar-refractivity contribution in [2.45, 2.75) is 20.0 Å². The summed E-state index contributed by atoms with van der Waals surface area (Å²) in [7, 11) is 0. The van der Waals surface area contributed by atoms with Gasteiger partial charge in [-0.2, -0.15) is 0 Å². The summed E-state index contributed by atoms with van der Waals surface area (Å²) in [4.78, 5) is 10.8. The van der Waals surface area contributed by atoms with Gasteiger partial charge in [0, 0.05) is 12.0 Å². The first-order valence-corrected chi connectivity index (χ1v) is 4.59. The highest BCUT2D eigenvalue weighted by molar-refractivity contribution is 7.14. The van der Waals surface area contributed by atoms with Crippen LogP contribution in [0.15, 0.2) is 11.4 Å². The van der Waals surface area contributed by atoms with Crippen molar-refractivity contribution in [3.8, 4) is 0 Å². The molecule has 0 aromatic carbocycles. The summed E-state index contributed by atoms with van der Waals surface area (Å²) in [6, 6.07) is 1.86. The highest BCUT2D eigenvalue weighted by Gasteiger charge is 2.03. The molecule has 1 rings (SSSR count). The highest BCUT2D eigenvalue weighted by Crippen LogP contribution is 2.19. The lowest BCUT2D eigenvalue weighted by Crippen LogP contribution is -2.02. The van der Waals surface area contributed by atoms with Gasteiger partial charge < -0.3 is 10.5 Å². The Morgan fingerprint density at radius 2 is 2.50 bits per heavy atom. The van der Waals surface area contributed by atoms with E-state index < -0.39 is 0 Å². The van der Waals surface area contributed by atoms with Gasteiger partial charge in [-0.3, -0.25) is 4.79 Å². The minimum atomic E-state index is -0.194. The van der Waals surface area contributed by atoms with Gasteiger partial charge >= 0.3 is 5.97 Å². The van der Waals surface area contributed by atoms with Crippen molar-refractivity contribution in [2.24, 2.45) is 0 Å². The summed E-state index contributed by atoms with van der Waals surface area (Å²) in [5.41, 5.74) is 6.49. The number of carbonyl (C=O) groups is 1. The molecule has 12 heavy (non-hydrogen) atoms. The maximum atomic E-state index is 10.8. The highest BCUT2D eigenvalue weighted by atomic mass is 32.1. The van der Waals surface area contributed by atoms with Gasteiger partial charge in [0.15, 0.2) is 0 Å². The monoisotopic (exact) mass is 185 g/mol. The topological polar surface area (TPSA) is 52.3 Å². The average molecular weight is 185 g/mol. The minimum absolute atomic E-state index is 0.194. The molecule has 66 valence electrons. The first-order valence-electron chi connectivity index (χ1n) is 3.71. The van der Waals surface area contributed by atoms with E-state index in [2.05, 4.69) is 0 Å². The van der Waals surface area contributed by atoms with Crippen LogP contribution in [0.4, 0.5) is 5.00 Å². The Bertz CT molecular complexity index is 270. The molecule has 0 aliphatic carbocycles. The third-order valence-electron chi connectivity index (χ3n) is 1.46. The Morgan fingerprint density at radius 1 is 1.75 bits per heavy atom. The number of ether oxygens (including phenoxy) is 1. The van der Waals surface area contributed by atoms with Crippen LogP contribution in [-0.4, -0.2) is 5.97 Å². The van der Waals surface area contributed by atoms with Crippen molar-refractivity contribution in [3.05, 3.63) is 17.0 Å². The molecule has 0 bridgehead atoms. The van der Waals surface area contributed by atoms with E-state index in [9.17, 15) is 4.79 Å². The van der Waals surface area contributed by atoms with Crippen LogP contribution < -0.4 is 5.73 Å². The smallest absolute Gasteiger partial charge is 0.305 e. The molecular weight excluding hydrogens is 174 g/mol. The van der Waals surface area contributed by atoms with Gasteiger partial charge in [0.1, 0.15) is 6.61 Å². The van der Waals surface area contributed by atoms with Crippen LogP contribution >= 0.6 is 11.3 Å². The zero-order valence-corrected chi connectivity index (χ0v) is 7.69. The minimum Gasteiger partial charge on any atom is -0.461 e. The second kappa shape index (κ2) is 4.11. The average Bonchev–Trinajstić information content (AvgIpc) is 2.47. The SMILES string of the molecule is CCC(=O)OCc1ccsc1N. The van der Waals surface area contributed by atoms with E-state index in [-0.39, 0.29) is 5.97 Å². The van der Waals surface area contributed by atoms with Gasteiger partial charge in [-0.05, 0) is 11.4 Å². The van der Waals surface area contributed by atoms with E-state index in [0.717, 1.165) is 10.6 Å².